The summed E-state index contributed by atoms with van der Waals surface area (Å²) in [5.74, 6) is 0.289. The summed E-state index contributed by atoms with van der Waals surface area (Å²) in [7, 11) is 1.65. The number of sulfonamides is 1. The van der Waals surface area contributed by atoms with Gasteiger partial charge in [-0.1, -0.05) is 37.3 Å². The highest BCUT2D eigenvalue weighted by Crippen LogP contribution is 2.32. The van der Waals surface area contributed by atoms with E-state index in [1.54, 1.807) is 55.5 Å². The van der Waals surface area contributed by atoms with Gasteiger partial charge in [0.05, 0.1) is 31.9 Å². The first kappa shape index (κ1) is 30.3. The van der Waals surface area contributed by atoms with Gasteiger partial charge in [-0.25, -0.2) is 8.42 Å². The Morgan fingerprint density at radius 2 is 1.57 bits per heavy atom. The van der Waals surface area contributed by atoms with E-state index in [4.69, 9.17) is 14.2 Å². The summed E-state index contributed by atoms with van der Waals surface area (Å²) >= 11 is 0. The SMILES string of the molecule is CC[C@@H](C(=O)NC)N(Cc1cccc(OC)c1)C(=O)CN(c1ccccc1)S(=O)(=O)c1ccc(OC)c(OC)c1. The Morgan fingerprint density at radius 3 is 2.17 bits per heavy atom. The molecule has 1 atom stereocenters. The molecule has 0 radical (unpaired) electrons. The number of anilines is 1. The van der Waals surface area contributed by atoms with E-state index in [-0.39, 0.29) is 23.1 Å². The van der Waals surface area contributed by atoms with Gasteiger partial charge in [0.15, 0.2) is 11.5 Å². The van der Waals surface area contributed by atoms with Gasteiger partial charge in [0.25, 0.3) is 10.0 Å². The lowest BCUT2D eigenvalue weighted by Crippen LogP contribution is -2.51. The number of benzene rings is 3. The minimum atomic E-state index is -4.25. The molecule has 40 heavy (non-hydrogen) atoms. The minimum Gasteiger partial charge on any atom is -0.497 e. The summed E-state index contributed by atoms with van der Waals surface area (Å²) in [6.07, 6.45) is 0.323. The van der Waals surface area contributed by atoms with Crippen LogP contribution in [0.1, 0.15) is 18.9 Å². The Kier molecular flexibility index (Phi) is 10.4. The molecule has 0 bridgehead atoms. The molecule has 2 amide bonds. The summed E-state index contributed by atoms with van der Waals surface area (Å²) < 4.78 is 44.9. The molecule has 0 aliphatic heterocycles. The summed E-state index contributed by atoms with van der Waals surface area (Å²) in [5.41, 5.74) is 1.02. The molecule has 0 aliphatic carbocycles. The number of hydrogen-bond donors (Lipinski definition) is 1. The molecule has 3 aromatic rings. The fourth-order valence-corrected chi connectivity index (χ4v) is 5.71. The van der Waals surface area contributed by atoms with E-state index in [2.05, 4.69) is 5.32 Å². The Hall–Kier alpha value is -4.25. The Bertz CT molecular complexity index is 1410. The Morgan fingerprint density at radius 1 is 0.875 bits per heavy atom. The van der Waals surface area contributed by atoms with Crippen LogP contribution in [0.5, 0.6) is 17.2 Å². The van der Waals surface area contributed by atoms with Gasteiger partial charge in [0.2, 0.25) is 11.8 Å². The van der Waals surface area contributed by atoms with Crippen molar-refractivity contribution < 1.29 is 32.2 Å². The van der Waals surface area contributed by atoms with Crippen molar-refractivity contribution in [2.75, 3.05) is 39.2 Å². The van der Waals surface area contributed by atoms with Crippen molar-refractivity contribution in [3.05, 3.63) is 78.4 Å². The number of methoxy groups -OCH3 is 3. The van der Waals surface area contributed by atoms with E-state index in [0.29, 0.717) is 23.6 Å². The maximum absolute atomic E-state index is 14.0. The largest absolute Gasteiger partial charge is 0.497 e. The quantitative estimate of drug-likeness (QED) is 0.335. The molecule has 0 heterocycles. The van der Waals surface area contributed by atoms with Crippen molar-refractivity contribution in [1.82, 2.24) is 10.2 Å². The highest BCUT2D eigenvalue weighted by Gasteiger charge is 2.33. The number of carbonyl (C=O) groups excluding carboxylic acids is 2. The summed E-state index contributed by atoms with van der Waals surface area (Å²) in [5, 5.41) is 2.61. The molecule has 0 aliphatic rings. The lowest BCUT2D eigenvalue weighted by molar-refractivity contribution is -0.140. The van der Waals surface area contributed by atoms with Crippen LogP contribution in [-0.2, 0) is 26.2 Å². The monoisotopic (exact) mass is 569 g/mol. The summed E-state index contributed by atoms with van der Waals surface area (Å²) in [4.78, 5) is 28.1. The van der Waals surface area contributed by atoms with E-state index in [0.717, 1.165) is 9.87 Å². The van der Waals surface area contributed by atoms with Crippen LogP contribution < -0.4 is 23.8 Å². The van der Waals surface area contributed by atoms with Crippen molar-refractivity contribution in [3.8, 4) is 17.2 Å². The molecule has 3 aromatic carbocycles. The molecule has 0 fully saturated rings. The number of rotatable bonds is 13. The van der Waals surface area contributed by atoms with Crippen LogP contribution in [0, 0.1) is 0 Å². The number of ether oxygens (including phenoxy) is 3. The highest BCUT2D eigenvalue weighted by atomic mass is 32.2. The highest BCUT2D eigenvalue weighted by molar-refractivity contribution is 7.92. The molecule has 0 saturated heterocycles. The number of carbonyl (C=O) groups is 2. The van der Waals surface area contributed by atoms with Crippen LogP contribution in [0.4, 0.5) is 5.69 Å². The zero-order chi connectivity index (χ0) is 29.3. The normalized spacial score (nSPS) is 11.7. The first-order valence-electron chi connectivity index (χ1n) is 12.6. The third kappa shape index (κ3) is 6.84. The zero-order valence-corrected chi connectivity index (χ0v) is 24.1. The van der Waals surface area contributed by atoms with E-state index in [9.17, 15) is 18.0 Å². The molecule has 3 rings (SSSR count). The Labute approximate surface area is 235 Å². The van der Waals surface area contributed by atoms with E-state index < -0.39 is 28.5 Å². The van der Waals surface area contributed by atoms with Crippen molar-refractivity contribution in [2.45, 2.75) is 30.8 Å². The number of amides is 2. The van der Waals surface area contributed by atoms with Crippen LogP contribution in [0.3, 0.4) is 0 Å². The summed E-state index contributed by atoms with van der Waals surface area (Å²) in [6, 6.07) is 18.9. The third-order valence-electron chi connectivity index (χ3n) is 6.39. The van der Waals surface area contributed by atoms with Crippen molar-refractivity contribution >= 4 is 27.5 Å². The predicted molar refractivity (Wildman–Crippen MR) is 152 cm³/mol. The summed E-state index contributed by atoms with van der Waals surface area (Å²) in [6.45, 7) is 1.32. The standard InChI is InChI=1S/C29H35N3O7S/c1-6-25(29(34)30-2)31(19-21-11-10-14-23(17-21)37-3)28(33)20-32(22-12-8-7-9-13-22)40(35,36)24-15-16-26(38-4)27(18-24)39-5/h7-18,25H,6,19-20H2,1-5H3,(H,30,34)/t25-/m0/s1. The molecule has 0 unspecified atom stereocenters. The van der Waals surface area contributed by atoms with E-state index in [1.165, 1.54) is 51.5 Å². The zero-order valence-electron chi connectivity index (χ0n) is 23.3. The molecule has 0 saturated carbocycles. The fourth-order valence-electron chi connectivity index (χ4n) is 4.28. The maximum Gasteiger partial charge on any atom is 0.264 e. The van der Waals surface area contributed by atoms with E-state index in [1.807, 2.05) is 6.07 Å². The topological polar surface area (TPSA) is 114 Å². The number of likely N-dealkylation sites (N-methyl/N-ethyl adjacent to an activating group) is 1. The molecule has 214 valence electrons. The number of para-hydroxylation sites is 1. The van der Waals surface area contributed by atoms with Gasteiger partial charge in [0, 0.05) is 19.7 Å². The van der Waals surface area contributed by atoms with Crippen LogP contribution in [0.15, 0.2) is 77.7 Å². The fraction of sp³-hybridized carbons (Fsp3) is 0.310. The van der Waals surface area contributed by atoms with Gasteiger partial charge in [-0.3, -0.25) is 13.9 Å². The van der Waals surface area contributed by atoms with E-state index >= 15 is 0 Å². The lowest BCUT2D eigenvalue weighted by atomic mass is 10.1. The van der Waals surface area contributed by atoms with Gasteiger partial charge in [-0.15, -0.1) is 0 Å². The van der Waals surface area contributed by atoms with Crippen LogP contribution >= 0.6 is 0 Å². The van der Waals surface area contributed by atoms with Crippen molar-refractivity contribution in [2.24, 2.45) is 0 Å². The van der Waals surface area contributed by atoms with Crippen molar-refractivity contribution in [3.63, 3.8) is 0 Å². The van der Waals surface area contributed by atoms with Gasteiger partial charge >= 0.3 is 0 Å². The minimum absolute atomic E-state index is 0.0704. The van der Waals surface area contributed by atoms with Crippen LogP contribution in [0.25, 0.3) is 0 Å². The van der Waals surface area contributed by atoms with Gasteiger partial charge < -0.3 is 24.4 Å². The average molecular weight is 570 g/mol. The second-order valence-corrected chi connectivity index (χ2v) is 10.6. The smallest absolute Gasteiger partial charge is 0.264 e. The molecule has 11 heteroatoms. The average Bonchev–Trinajstić information content (AvgIpc) is 2.99. The number of nitrogens with one attached hydrogen (secondary N) is 1. The van der Waals surface area contributed by atoms with Crippen LogP contribution in [-0.4, -0.2) is 66.1 Å². The second kappa shape index (κ2) is 13.7. The predicted octanol–water partition coefficient (Wildman–Crippen LogP) is 3.46. The molecular formula is C29H35N3O7S. The van der Waals surface area contributed by atoms with Crippen molar-refractivity contribution in [1.29, 1.82) is 0 Å². The third-order valence-corrected chi connectivity index (χ3v) is 8.16. The van der Waals surface area contributed by atoms with Crippen LogP contribution in [0.2, 0.25) is 0 Å². The molecule has 0 aromatic heterocycles. The molecule has 10 nitrogen and oxygen atoms in total. The molecule has 1 N–H and O–H groups in total. The molecular weight excluding hydrogens is 534 g/mol. The molecule has 0 spiro atoms. The second-order valence-electron chi connectivity index (χ2n) is 8.78. The lowest BCUT2D eigenvalue weighted by Gasteiger charge is -2.33. The number of hydrogen-bond acceptors (Lipinski definition) is 7. The van der Waals surface area contributed by atoms with Gasteiger partial charge in [-0.05, 0) is 48.4 Å². The van der Waals surface area contributed by atoms with Gasteiger partial charge in [-0.2, -0.15) is 0 Å². The Balaban J connectivity index is 2.07. The first-order chi connectivity index (χ1) is 19.2. The maximum atomic E-state index is 14.0. The van der Waals surface area contributed by atoms with Gasteiger partial charge in [0.1, 0.15) is 18.3 Å². The number of nitrogens with zero attached hydrogens (tertiary/aromatic N) is 2. The first-order valence-corrected chi connectivity index (χ1v) is 14.1.